The quantitative estimate of drug-likeness (QED) is 0.784. The second kappa shape index (κ2) is 6.80. The fourth-order valence-corrected chi connectivity index (χ4v) is 1.54. The molecule has 0 bridgehead atoms. The molecule has 0 atom stereocenters. The molecule has 1 aromatic rings. The zero-order chi connectivity index (χ0) is 13.5. The monoisotopic (exact) mass is 252 g/mol. The van der Waals surface area contributed by atoms with Crippen LogP contribution in [0.1, 0.15) is 12.8 Å². The van der Waals surface area contributed by atoms with E-state index in [9.17, 15) is 4.79 Å². The third kappa shape index (κ3) is 3.59. The number of methoxy groups -OCH3 is 1. The van der Waals surface area contributed by atoms with Gasteiger partial charge in [-0.1, -0.05) is 0 Å². The summed E-state index contributed by atoms with van der Waals surface area (Å²) >= 11 is 0. The third-order valence-corrected chi connectivity index (χ3v) is 2.44. The van der Waals surface area contributed by atoms with Crippen LogP contribution in [0, 0.1) is 0 Å². The van der Waals surface area contributed by atoms with Gasteiger partial charge in [-0.05, 0) is 19.0 Å². The fourth-order valence-electron chi connectivity index (χ4n) is 1.54. The Balaban J connectivity index is 2.94. The van der Waals surface area contributed by atoms with Gasteiger partial charge in [-0.2, -0.15) is 0 Å². The second-order valence-electron chi connectivity index (χ2n) is 4.05. The highest BCUT2D eigenvalue weighted by molar-refractivity contribution is 5.95. The molecule has 0 unspecified atom stereocenters. The average molecular weight is 252 g/mol. The van der Waals surface area contributed by atoms with Gasteiger partial charge in [-0.3, -0.25) is 4.79 Å². The Morgan fingerprint density at radius 3 is 2.83 bits per heavy atom. The zero-order valence-corrected chi connectivity index (χ0v) is 11.1. The van der Waals surface area contributed by atoms with Gasteiger partial charge in [0.1, 0.15) is 5.69 Å². The van der Waals surface area contributed by atoms with Crippen LogP contribution in [0.15, 0.2) is 12.3 Å². The van der Waals surface area contributed by atoms with Crippen molar-refractivity contribution in [1.82, 2.24) is 4.98 Å². The molecule has 18 heavy (non-hydrogen) atoms. The first-order valence-corrected chi connectivity index (χ1v) is 5.80. The van der Waals surface area contributed by atoms with Crippen molar-refractivity contribution < 1.29 is 9.53 Å². The summed E-state index contributed by atoms with van der Waals surface area (Å²) in [7, 11) is 5.31. The molecule has 1 rings (SSSR count). The SMILES string of the molecule is COc1nccc(N(C)C)c1NC(=O)CCCN. The largest absolute Gasteiger partial charge is 0.479 e. The maximum absolute atomic E-state index is 11.7. The van der Waals surface area contributed by atoms with Crippen LogP contribution in [0.4, 0.5) is 11.4 Å². The number of carbonyl (C=O) groups excluding carboxylic acids is 1. The van der Waals surface area contributed by atoms with Crippen LogP contribution >= 0.6 is 0 Å². The van der Waals surface area contributed by atoms with Crippen LogP contribution in [0.3, 0.4) is 0 Å². The van der Waals surface area contributed by atoms with Gasteiger partial charge in [0.05, 0.1) is 12.8 Å². The molecule has 0 radical (unpaired) electrons. The molecule has 0 aliphatic rings. The molecule has 6 heteroatoms. The number of anilines is 2. The lowest BCUT2D eigenvalue weighted by atomic mass is 10.2. The summed E-state index contributed by atoms with van der Waals surface area (Å²) in [6, 6.07) is 1.82. The molecule has 0 spiro atoms. The molecule has 0 fully saturated rings. The lowest BCUT2D eigenvalue weighted by molar-refractivity contribution is -0.116. The third-order valence-electron chi connectivity index (χ3n) is 2.44. The number of aromatic nitrogens is 1. The number of nitrogens with zero attached hydrogens (tertiary/aromatic N) is 2. The summed E-state index contributed by atoms with van der Waals surface area (Å²) in [5.41, 5.74) is 6.82. The summed E-state index contributed by atoms with van der Waals surface area (Å²) in [6.45, 7) is 0.498. The summed E-state index contributed by atoms with van der Waals surface area (Å²) in [6.07, 6.45) is 2.69. The van der Waals surface area contributed by atoms with Crippen molar-refractivity contribution in [3.05, 3.63) is 12.3 Å². The van der Waals surface area contributed by atoms with Gasteiger partial charge in [0.15, 0.2) is 0 Å². The molecule has 0 saturated carbocycles. The Labute approximate surface area is 107 Å². The smallest absolute Gasteiger partial charge is 0.239 e. The van der Waals surface area contributed by atoms with Gasteiger partial charge in [0.2, 0.25) is 11.8 Å². The van der Waals surface area contributed by atoms with Gasteiger partial charge in [-0.25, -0.2) is 4.98 Å². The minimum absolute atomic E-state index is 0.0881. The van der Waals surface area contributed by atoms with E-state index in [2.05, 4.69) is 10.3 Å². The number of rotatable bonds is 6. The van der Waals surface area contributed by atoms with Crippen LogP contribution in [-0.2, 0) is 4.79 Å². The fraction of sp³-hybridized carbons (Fsp3) is 0.500. The molecular weight excluding hydrogens is 232 g/mol. The van der Waals surface area contributed by atoms with Crippen LogP contribution in [0.2, 0.25) is 0 Å². The van der Waals surface area contributed by atoms with Gasteiger partial charge in [-0.15, -0.1) is 0 Å². The molecular formula is C12H20N4O2. The van der Waals surface area contributed by atoms with E-state index in [0.29, 0.717) is 31.0 Å². The van der Waals surface area contributed by atoms with Crippen molar-refractivity contribution >= 4 is 17.3 Å². The number of hydrogen-bond acceptors (Lipinski definition) is 5. The van der Waals surface area contributed by atoms with Crippen molar-refractivity contribution in [2.75, 3.05) is 38.0 Å². The predicted molar refractivity (Wildman–Crippen MR) is 72.0 cm³/mol. The second-order valence-corrected chi connectivity index (χ2v) is 4.05. The van der Waals surface area contributed by atoms with Crippen molar-refractivity contribution in [2.45, 2.75) is 12.8 Å². The zero-order valence-electron chi connectivity index (χ0n) is 11.1. The Morgan fingerprint density at radius 2 is 2.28 bits per heavy atom. The van der Waals surface area contributed by atoms with Gasteiger partial charge < -0.3 is 20.7 Å². The number of pyridine rings is 1. The van der Waals surface area contributed by atoms with Crippen LogP contribution in [-0.4, -0.2) is 38.6 Å². The van der Waals surface area contributed by atoms with Crippen LogP contribution in [0.5, 0.6) is 5.88 Å². The Morgan fingerprint density at radius 1 is 1.56 bits per heavy atom. The van der Waals surface area contributed by atoms with Gasteiger partial charge in [0.25, 0.3) is 0 Å². The summed E-state index contributed by atoms with van der Waals surface area (Å²) in [5.74, 6) is 0.317. The molecule has 100 valence electrons. The number of nitrogens with one attached hydrogen (secondary N) is 1. The van der Waals surface area contributed by atoms with E-state index in [1.165, 1.54) is 7.11 Å². The van der Waals surface area contributed by atoms with E-state index < -0.39 is 0 Å². The molecule has 0 aliphatic carbocycles. The lowest BCUT2D eigenvalue weighted by Crippen LogP contribution is -2.18. The Bertz CT molecular complexity index is 407. The van der Waals surface area contributed by atoms with E-state index in [0.717, 1.165) is 5.69 Å². The van der Waals surface area contributed by atoms with E-state index in [1.807, 2.05) is 25.1 Å². The number of carbonyl (C=O) groups is 1. The van der Waals surface area contributed by atoms with E-state index in [-0.39, 0.29) is 5.91 Å². The highest BCUT2D eigenvalue weighted by Crippen LogP contribution is 2.31. The van der Waals surface area contributed by atoms with Gasteiger partial charge in [0, 0.05) is 26.7 Å². The maximum Gasteiger partial charge on any atom is 0.239 e. The Kier molecular flexibility index (Phi) is 5.38. The predicted octanol–water partition coefficient (Wildman–Crippen LogP) is 0.834. The summed E-state index contributed by atoms with van der Waals surface area (Å²) in [5, 5.41) is 2.82. The first-order valence-electron chi connectivity index (χ1n) is 5.80. The molecule has 1 heterocycles. The van der Waals surface area contributed by atoms with Crippen molar-refractivity contribution in [3.8, 4) is 5.88 Å². The summed E-state index contributed by atoms with van der Waals surface area (Å²) in [4.78, 5) is 17.7. The highest BCUT2D eigenvalue weighted by Gasteiger charge is 2.14. The minimum atomic E-state index is -0.0881. The number of amides is 1. The Hall–Kier alpha value is -1.82. The number of hydrogen-bond donors (Lipinski definition) is 2. The highest BCUT2D eigenvalue weighted by atomic mass is 16.5. The van der Waals surface area contributed by atoms with E-state index in [4.69, 9.17) is 10.5 Å². The first kappa shape index (κ1) is 14.2. The number of ether oxygens (including phenoxy) is 1. The molecule has 1 amide bonds. The van der Waals surface area contributed by atoms with Crippen molar-refractivity contribution in [3.63, 3.8) is 0 Å². The molecule has 3 N–H and O–H groups in total. The van der Waals surface area contributed by atoms with Crippen LogP contribution < -0.4 is 20.7 Å². The normalized spacial score (nSPS) is 10.0. The topological polar surface area (TPSA) is 80.5 Å². The standard InChI is InChI=1S/C12H20N4O2/c1-16(2)9-6-8-14-12(18-3)11(9)15-10(17)5-4-7-13/h6,8H,4-5,7,13H2,1-3H3,(H,15,17). The van der Waals surface area contributed by atoms with E-state index in [1.54, 1.807) is 6.20 Å². The summed E-state index contributed by atoms with van der Waals surface area (Å²) < 4.78 is 5.16. The maximum atomic E-state index is 11.7. The minimum Gasteiger partial charge on any atom is -0.479 e. The molecule has 0 saturated heterocycles. The number of nitrogens with two attached hydrogens (primary N) is 1. The lowest BCUT2D eigenvalue weighted by Gasteiger charge is -2.19. The van der Waals surface area contributed by atoms with E-state index >= 15 is 0 Å². The van der Waals surface area contributed by atoms with Gasteiger partial charge >= 0.3 is 0 Å². The van der Waals surface area contributed by atoms with Crippen molar-refractivity contribution in [1.29, 1.82) is 0 Å². The van der Waals surface area contributed by atoms with Crippen LogP contribution in [0.25, 0.3) is 0 Å². The average Bonchev–Trinajstić information content (AvgIpc) is 2.36. The molecule has 1 aromatic heterocycles. The molecule has 6 nitrogen and oxygen atoms in total. The first-order chi connectivity index (χ1) is 8.60. The van der Waals surface area contributed by atoms with Crippen molar-refractivity contribution in [2.24, 2.45) is 5.73 Å². The molecule has 0 aromatic carbocycles. The molecule has 0 aliphatic heterocycles.